The highest BCUT2D eigenvalue weighted by Gasteiger charge is 2.50. The first-order chi connectivity index (χ1) is 14.0. The molecule has 29 heavy (non-hydrogen) atoms. The summed E-state index contributed by atoms with van der Waals surface area (Å²) in [4.78, 5) is 14.5. The van der Waals surface area contributed by atoms with Crippen molar-refractivity contribution in [3.8, 4) is 0 Å². The molecule has 2 aromatic rings. The molecule has 2 aliphatic heterocycles. The first kappa shape index (κ1) is 19.8. The zero-order valence-corrected chi connectivity index (χ0v) is 16.3. The van der Waals surface area contributed by atoms with Crippen molar-refractivity contribution in [1.29, 1.82) is 0 Å². The smallest absolute Gasteiger partial charge is 0.249 e. The van der Waals surface area contributed by atoms with E-state index in [4.69, 9.17) is 9.47 Å². The van der Waals surface area contributed by atoms with Gasteiger partial charge in [-0.25, -0.2) is 8.78 Å². The first-order valence-corrected chi connectivity index (χ1v) is 9.69. The van der Waals surface area contributed by atoms with Crippen LogP contribution in [0.2, 0.25) is 0 Å². The van der Waals surface area contributed by atoms with E-state index < -0.39 is 17.7 Å². The number of para-hydroxylation sites is 1. The lowest BCUT2D eigenvalue weighted by molar-refractivity contribution is -0.130. The summed E-state index contributed by atoms with van der Waals surface area (Å²) in [5.41, 5.74) is 2.22. The Morgan fingerprint density at radius 3 is 2.93 bits per heavy atom. The Morgan fingerprint density at radius 1 is 1.31 bits per heavy atom. The molecule has 1 saturated heterocycles. The molecule has 0 radical (unpaired) electrons. The minimum atomic E-state index is -0.587. The molecule has 1 fully saturated rings. The summed E-state index contributed by atoms with van der Waals surface area (Å²) in [5.74, 6) is -1.28. The van der Waals surface area contributed by atoms with Crippen molar-refractivity contribution in [3.63, 3.8) is 0 Å². The number of halogens is 2. The van der Waals surface area contributed by atoms with Crippen molar-refractivity contribution >= 4 is 11.6 Å². The molecule has 1 amide bonds. The van der Waals surface area contributed by atoms with Crippen molar-refractivity contribution in [3.05, 3.63) is 65.2 Å². The first-order valence-electron chi connectivity index (χ1n) is 9.69. The molecule has 0 aromatic heterocycles. The minimum absolute atomic E-state index is 0.139. The van der Waals surface area contributed by atoms with Crippen LogP contribution in [0.1, 0.15) is 17.5 Å². The average Bonchev–Trinajstić information content (AvgIpc) is 3.27. The van der Waals surface area contributed by atoms with Crippen LogP contribution in [-0.2, 0) is 26.2 Å². The van der Waals surface area contributed by atoms with Gasteiger partial charge >= 0.3 is 0 Å². The fraction of sp³-hybridized carbons (Fsp3) is 0.409. The van der Waals surface area contributed by atoms with Crippen molar-refractivity contribution in [2.45, 2.75) is 24.5 Å². The van der Waals surface area contributed by atoms with Gasteiger partial charge < -0.3 is 19.7 Å². The van der Waals surface area contributed by atoms with E-state index in [-0.39, 0.29) is 11.3 Å². The van der Waals surface area contributed by atoms with Gasteiger partial charge in [-0.05, 0) is 24.1 Å². The van der Waals surface area contributed by atoms with E-state index in [0.717, 1.165) is 17.3 Å². The van der Waals surface area contributed by atoms with E-state index in [9.17, 15) is 13.6 Å². The van der Waals surface area contributed by atoms with Gasteiger partial charge in [-0.1, -0.05) is 24.3 Å². The Kier molecular flexibility index (Phi) is 5.52. The third-order valence-corrected chi connectivity index (χ3v) is 5.72. The number of rotatable bonds is 6. The second-order valence-corrected chi connectivity index (χ2v) is 7.68. The van der Waals surface area contributed by atoms with Crippen molar-refractivity contribution in [2.75, 3.05) is 38.3 Å². The second kappa shape index (κ2) is 8.08. The monoisotopic (exact) mass is 402 g/mol. The van der Waals surface area contributed by atoms with Crippen molar-refractivity contribution < 1.29 is 23.0 Å². The number of carbonyl (C=O) groups is 1. The Labute approximate surface area is 168 Å². The molecule has 2 atom stereocenters. The molecular weight excluding hydrogens is 378 g/mol. The van der Waals surface area contributed by atoms with E-state index in [1.807, 2.05) is 24.3 Å². The number of benzene rings is 2. The van der Waals surface area contributed by atoms with E-state index in [1.165, 1.54) is 12.1 Å². The maximum atomic E-state index is 14.2. The Balaban J connectivity index is 1.53. The molecule has 5 nitrogen and oxygen atoms in total. The number of fused-ring (bicyclic) bond motifs is 2. The quantitative estimate of drug-likeness (QED) is 0.755. The highest BCUT2D eigenvalue weighted by molar-refractivity contribution is 5.81. The number of anilines is 1. The number of nitrogens with one attached hydrogen (secondary N) is 1. The van der Waals surface area contributed by atoms with Gasteiger partial charge in [-0.2, -0.15) is 0 Å². The van der Waals surface area contributed by atoms with Gasteiger partial charge in [0.1, 0.15) is 17.7 Å². The van der Waals surface area contributed by atoms with Gasteiger partial charge in [-0.3, -0.25) is 4.79 Å². The SMILES string of the molecule is COCCNC(=O)[C@H]1C[C@]2(CO1)CN(Cc1ccc(F)cc1F)c1ccccc12. The van der Waals surface area contributed by atoms with Crippen molar-refractivity contribution in [1.82, 2.24) is 5.32 Å². The molecule has 7 heteroatoms. The lowest BCUT2D eigenvalue weighted by Gasteiger charge is -2.24. The van der Waals surface area contributed by atoms with Crippen LogP contribution in [0.3, 0.4) is 0 Å². The molecule has 0 aliphatic carbocycles. The molecular formula is C22H24F2N2O3. The highest BCUT2D eigenvalue weighted by atomic mass is 19.1. The van der Waals surface area contributed by atoms with E-state index >= 15 is 0 Å². The zero-order valence-electron chi connectivity index (χ0n) is 16.3. The van der Waals surface area contributed by atoms with Crippen LogP contribution >= 0.6 is 0 Å². The van der Waals surface area contributed by atoms with Crippen molar-refractivity contribution in [2.24, 2.45) is 0 Å². The summed E-state index contributed by atoms with van der Waals surface area (Å²) in [6.07, 6.45) is 0.0352. The molecule has 0 unspecified atom stereocenters. The molecule has 2 aliphatic rings. The number of nitrogens with zero attached hydrogens (tertiary/aromatic N) is 1. The van der Waals surface area contributed by atoms with Crippen LogP contribution in [0, 0.1) is 11.6 Å². The number of hydrogen-bond donors (Lipinski definition) is 1. The van der Waals surface area contributed by atoms with E-state index in [1.54, 1.807) is 7.11 Å². The molecule has 154 valence electrons. The number of carbonyl (C=O) groups excluding carboxylic acids is 1. The lowest BCUT2D eigenvalue weighted by Crippen LogP contribution is -2.38. The largest absolute Gasteiger partial charge is 0.383 e. The predicted molar refractivity (Wildman–Crippen MR) is 105 cm³/mol. The molecule has 0 bridgehead atoms. The standard InChI is InChI=1S/C22H24F2N2O3/c1-28-9-8-25-21(27)20-11-22(14-29-20)13-26(19-5-3-2-4-17(19)22)12-15-6-7-16(23)10-18(15)24/h2-7,10,20H,8-9,11-14H2,1H3,(H,25,27)/t20-,22-/m1/s1. The Bertz CT molecular complexity index is 907. The second-order valence-electron chi connectivity index (χ2n) is 7.68. The number of amides is 1. The van der Waals surface area contributed by atoms with Gasteiger partial charge in [0.15, 0.2) is 0 Å². The molecule has 0 saturated carbocycles. The summed E-state index contributed by atoms with van der Waals surface area (Å²) in [7, 11) is 1.58. The third kappa shape index (κ3) is 3.84. The fourth-order valence-corrected chi connectivity index (χ4v) is 4.32. The van der Waals surface area contributed by atoms with Crippen LogP contribution in [0.4, 0.5) is 14.5 Å². The molecule has 2 heterocycles. The third-order valence-electron chi connectivity index (χ3n) is 5.72. The molecule has 1 spiro atoms. The fourth-order valence-electron chi connectivity index (χ4n) is 4.32. The Morgan fingerprint density at radius 2 is 2.14 bits per heavy atom. The van der Waals surface area contributed by atoms with Gasteiger partial charge in [0.05, 0.1) is 13.2 Å². The topological polar surface area (TPSA) is 50.8 Å². The highest BCUT2D eigenvalue weighted by Crippen LogP contribution is 2.47. The summed E-state index contributed by atoms with van der Waals surface area (Å²) in [6.45, 7) is 2.26. The maximum Gasteiger partial charge on any atom is 0.249 e. The van der Waals surface area contributed by atoms with Gasteiger partial charge in [0, 0.05) is 49.5 Å². The van der Waals surface area contributed by atoms with E-state index in [2.05, 4.69) is 10.2 Å². The van der Waals surface area contributed by atoms with Crippen LogP contribution in [0.15, 0.2) is 42.5 Å². The van der Waals surface area contributed by atoms with Crippen LogP contribution in [0.5, 0.6) is 0 Å². The summed E-state index contributed by atoms with van der Waals surface area (Å²) in [6, 6.07) is 11.6. The lowest BCUT2D eigenvalue weighted by atomic mass is 9.80. The zero-order chi connectivity index (χ0) is 20.4. The molecule has 4 rings (SSSR count). The van der Waals surface area contributed by atoms with Gasteiger partial charge in [0.25, 0.3) is 0 Å². The van der Waals surface area contributed by atoms with Crippen LogP contribution < -0.4 is 10.2 Å². The average molecular weight is 402 g/mol. The van der Waals surface area contributed by atoms with E-state index in [0.29, 0.717) is 44.8 Å². The summed E-state index contributed by atoms with van der Waals surface area (Å²) >= 11 is 0. The number of methoxy groups -OCH3 is 1. The molecule has 2 aromatic carbocycles. The predicted octanol–water partition coefficient (Wildman–Crippen LogP) is 2.77. The van der Waals surface area contributed by atoms with Crippen LogP contribution in [-0.4, -0.2) is 45.4 Å². The summed E-state index contributed by atoms with van der Waals surface area (Å²) in [5, 5.41) is 2.83. The number of hydrogen-bond acceptors (Lipinski definition) is 4. The minimum Gasteiger partial charge on any atom is -0.383 e. The molecule has 1 N–H and O–H groups in total. The normalized spacial score (nSPS) is 22.9. The van der Waals surface area contributed by atoms with Gasteiger partial charge in [-0.15, -0.1) is 0 Å². The maximum absolute atomic E-state index is 14.2. The van der Waals surface area contributed by atoms with Gasteiger partial charge in [0.2, 0.25) is 5.91 Å². The summed E-state index contributed by atoms with van der Waals surface area (Å²) < 4.78 is 38.3. The Hall–Kier alpha value is -2.51. The number of ether oxygens (including phenoxy) is 2. The van der Waals surface area contributed by atoms with Crippen LogP contribution in [0.25, 0.3) is 0 Å².